The van der Waals surface area contributed by atoms with Gasteiger partial charge in [0.2, 0.25) is 10.0 Å². The summed E-state index contributed by atoms with van der Waals surface area (Å²) in [5.74, 6) is -0.0986. The van der Waals surface area contributed by atoms with Crippen LogP contribution in [0.25, 0.3) is 0 Å². The smallest absolute Gasteiger partial charge is 0.255 e. The molecule has 0 radical (unpaired) electrons. The summed E-state index contributed by atoms with van der Waals surface area (Å²) in [4.78, 5) is 15.9. The zero-order valence-corrected chi connectivity index (χ0v) is 15.9. The lowest BCUT2D eigenvalue weighted by molar-refractivity contribution is -0.121. The first-order chi connectivity index (χ1) is 12.9. The Bertz CT molecular complexity index is 916. The van der Waals surface area contributed by atoms with E-state index in [2.05, 4.69) is 15.5 Å². The van der Waals surface area contributed by atoms with Crippen LogP contribution in [-0.4, -0.2) is 57.6 Å². The topological polar surface area (TPSA) is 110 Å². The predicted molar refractivity (Wildman–Crippen MR) is 99.3 cm³/mol. The second-order valence-corrected chi connectivity index (χ2v) is 7.34. The van der Waals surface area contributed by atoms with Gasteiger partial charge in [-0.15, -0.1) is 0 Å². The molecule has 0 unspecified atom stereocenters. The van der Waals surface area contributed by atoms with E-state index >= 15 is 0 Å². The van der Waals surface area contributed by atoms with E-state index in [9.17, 15) is 13.2 Å². The van der Waals surface area contributed by atoms with E-state index in [1.807, 2.05) is 0 Å². The average Bonchev–Trinajstić information content (AvgIpc) is 2.68. The molecule has 0 aliphatic heterocycles. The number of aromatic nitrogens is 1. The highest BCUT2D eigenvalue weighted by Gasteiger charge is 2.27. The Kier molecular flexibility index (Phi) is 6.85. The van der Waals surface area contributed by atoms with Gasteiger partial charge in [0.15, 0.2) is 0 Å². The Balaban J connectivity index is 2.08. The molecule has 1 amide bonds. The molecule has 144 valence electrons. The van der Waals surface area contributed by atoms with Crippen LogP contribution in [0.4, 0.5) is 0 Å². The van der Waals surface area contributed by atoms with Crippen molar-refractivity contribution in [3.05, 3.63) is 48.3 Å². The molecular formula is C17H20N4O5S. The van der Waals surface area contributed by atoms with Crippen molar-refractivity contribution in [1.82, 2.24) is 14.7 Å². The second-order valence-electron chi connectivity index (χ2n) is 5.33. The Hall–Kier alpha value is -2.98. The van der Waals surface area contributed by atoms with Gasteiger partial charge in [0.1, 0.15) is 16.4 Å². The van der Waals surface area contributed by atoms with Crippen LogP contribution in [0.15, 0.2) is 52.6 Å². The quantitative estimate of drug-likeness (QED) is 0.527. The first kappa shape index (κ1) is 20.3. The number of carbonyl (C=O) groups is 1. The largest absolute Gasteiger partial charge is 0.497 e. The molecule has 1 heterocycles. The third-order valence-corrected chi connectivity index (χ3v) is 5.32. The molecule has 0 aliphatic carbocycles. The SMILES string of the molecule is COc1ccc(OC)c(S(=O)(=O)N(C)CC(=O)NN=Cc2ccccn2)c1. The third-order valence-electron chi connectivity index (χ3n) is 3.50. The summed E-state index contributed by atoms with van der Waals surface area (Å²) in [6.45, 7) is -0.428. The van der Waals surface area contributed by atoms with Gasteiger partial charge in [-0.05, 0) is 24.3 Å². The molecule has 9 nitrogen and oxygen atoms in total. The lowest BCUT2D eigenvalue weighted by Crippen LogP contribution is -2.36. The van der Waals surface area contributed by atoms with Crippen molar-refractivity contribution >= 4 is 22.1 Å². The monoisotopic (exact) mass is 392 g/mol. The number of rotatable bonds is 8. The van der Waals surface area contributed by atoms with Crippen molar-refractivity contribution in [2.75, 3.05) is 27.8 Å². The van der Waals surface area contributed by atoms with Crippen molar-refractivity contribution in [2.24, 2.45) is 5.10 Å². The maximum absolute atomic E-state index is 12.8. The molecule has 0 saturated heterocycles. The Morgan fingerprint density at radius 1 is 1.26 bits per heavy atom. The van der Waals surface area contributed by atoms with E-state index in [0.29, 0.717) is 11.4 Å². The van der Waals surface area contributed by atoms with Crippen LogP contribution >= 0.6 is 0 Å². The zero-order valence-electron chi connectivity index (χ0n) is 15.1. The summed E-state index contributed by atoms with van der Waals surface area (Å²) in [6.07, 6.45) is 2.95. The molecule has 0 fully saturated rings. The lowest BCUT2D eigenvalue weighted by Gasteiger charge is -2.18. The minimum absolute atomic E-state index is 0.100. The van der Waals surface area contributed by atoms with Gasteiger partial charge in [0.25, 0.3) is 5.91 Å². The molecule has 2 aromatic rings. The van der Waals surface area contributed by atoms with Crippen LogP contribution in [0.2, 0.25) is 0 Å². The van der Waals surface area contributed by atoms with Gasteiger partial charge in [-0.1, -0.05) is 6.07 Å². The number of carbonyl (C=O) groups excluding carboxylic acids is 1. The van der Waals surface area contributed by atoms with E-state index in [-0.39, 0.29) is 10.6 Å². The van der Waals surface area contributed by atoms with Crippen molar-refractivity contribution in [3.8, 4) is 11.5 Å². The fourth-order valence-corrected chi connectivity index (χ4v) is 3.39. The Labute approximate surface area is 157 Å². The van der Waals surface area contributed by atoms with E-state index in [1.54, 1.807) is 30.5 Å². The molecule has 2 rings (SSSR count). The van der Waals surface area contributed by atoms with Gasteiger partial charge >= 0.3 is 0 Å². The van der Waals surface area contributed by atoms with E-state index in [0.717, 1.165) is 4.31 Å². The van der Waals surface area contributed by atoms with E-state index in [1.165, 1.54) is 39.6 Å². The molecule has 10 heteroatoms. The number of pyridine rings is 1. The molecule has 0 bridgehead atoms. The summed E-state index contributed by atoms with van der Waals surface area (Å²) in [5.41, 5.74) is 2.82. The van der Waals surface area contributed by atoms with Gasteiger partial charge in [0.05, 0.1) is 32.7 Å². The second kappa shape index (κ2) is 9.10. The summed E-state index contributed by atoms with van der Waals surface area (Å²) in [7, 11) is 0.0912. The molecule has 27 heavy (non-hydrogen) atoms. The van der Waals surface area contributed by atoms with Crippen LogP contribution in [0, 0.1) is 0 Å². The van der Waals surface area contributed by atoms with Crippen LogP contribution < -0.4 is 14.9 Å². The highest BCUT2D eigenvalue weighted by molar-refractivity contribution is 7.89. The number of ether oxygens (including phenoxy) is 2. The number of amides is 1. The molecule has 0 aliphatic rings. The summed E-state index contributed by atoms with van der Waals surface area (Å²) in [5, 5.41) is 3.76. The standard InChI is InChI=1S/C17H20N4O5S/c1-21(12-17(22)20-19-11-13-6-4-5-9-18-13)27(23,24)16-10-14(25-2)7-8-15(16)26-3/h4-11H,12H2,1-3H3,(H,20,22). The van der Waals surface area contributed by atoms with Crippen molar-refractivity contribution in [1.29, 1.82) is 0 Å². The minimum atomic E-state index is -3.98. The normalized spacial score (nSPS) is 11.6. The molecule has 0 spiro atoms. The van der Waals surface area contributed by atoms with E-state index in [4.69, 9.17) is 9.47 Å². The zero-order chi connectivity index (χ0) is 19.9. The number of hydrazone groups is 1. The van der Waals surface area contributed by atoms with Crippen LogP contribution in [0.3, 0.4) is 0 Å². The average molecular weight is 392 g/mol. The van der Waals surface area contributed by atoms with Crippen LogP contribution in [-0.2, 0) is 14.8 Å². The highest BCUT2D eigenvalue weighted by atomic mass is 32.2. The van der Waals surface area contributed by atoms with Crippen LogP contribution in [0.5, 0.6) is 11.5 Å². The van der Waals surface area contributed by atoms with Gasteiger partial charge in [0, 0.05) is 19.3 Å². The number of hydrogen-bond donors (Lipinski definition) is 1. The number of nitrogens with one attached hydrogen (secondary N) is 1. The molecule has 1 aromatic heterocycles. The first-order valence-electron chi connectivity index (χ1n) is 7.79. The van der Waals surface area contributed by atoms with Crippen molar-refractivity contribution in [3.63, 3.8) is 0 Å². The molecule has 1 aromatic carbocycles. The molecular weight excluding hydrogens is 372 g/mol. The number of likely N-dealkylation sites (N-methyl/N-ethyl adjacent to an activating group) is 1. The van der Waals surface area contributed by atoms with Gasteiger partial charge in [-0.2, -0.15) is 9.41 Å². The fourth-order valence-electron chi connectivity index (χ4n) is 2.10. The van der Waals surface area contributed by atoms with Crippen molar-refractivity contribution in [2.45, 2.75) is 4.90 Å². The summed E-state index contributed by atoms with van der Waals surface area (Å²) >= 11 is 0. The maximum Gasteiger partial charge on any atom is 0.255 e. The van der Waals surface area contributed by atoms with Crippen molar-refractivity contribution < 1.29 is 22.7 Å². The molecule has 0 atom stereocenters. The fraction of sp³-hybridized carbons (Fsp3) is 0.235. The number of sulfonamides is 1. The number of nitrogens with zero attached hydrogens (tertiary/aromatic N) is 3. The highest BCUT2D eigenvalue weighted by Crippen LogP contribution is 2.29. The van der Waals surface area contributed by atoms with Crippen LogP contribution in [0.1, 0.15) is 5.69 Å². The number of methoxy groups -OCH3 is 2. The van der Waals surface area contributed by atoms with Gasteiger partial charge in [-0.25, -0.2) is 13.8 Å². The number of benzene rings is 1. The molecule has 1 N–H and O–H groups in total. The van der Waals surface area contributed by atoms with E-state index < -0.39 is 22.5 Å². The molecule has 0 saturated carbocycles. The van der Waals surface area contributed by atoms with Gasteiger partial charge in [-0.3, -0.25) is 9.78 Å². The summed E-state index contributed by atoms with van der Waals surface area (Å²) < 4.78 is 36.6. The maximum atomic E-state index is 12.8. The number of hydrogen-bond acceptors (Lipinski definition) is 7. The first-order valence-corrected chi connectivity index (χ1v) is 9.23. The van der Waals surface area contributed by atoms with Gasteiger partial charge < -0.3 is 9.47 Å². The lowest BCUT2D eigenvalue weighted by atomic mass is 10.3. The summed E-state index contributed by atoms with van der Waals surface area (Å²) in [6, 6.07) is 9.64. The predicted octanol–water partition coefficient (Wildman–Crippen LogP) is 0.870. The Morgan fingerprint density at radius 3 is 2.67 bits per heavy atom. The third kappa shape index (κ3) is 5.25. The minimum Gasteiger partial charge on any atom is -0.497 e. The Morgan fingerprint density at radius 2 is 2.04 bits per heavy atom.